The predicted molar refractivity (Wildman–Crippen MR) is 397 cm³/mol. The Morgan fingerprint density at radius 2 is 0.774 bits per heavy atom. The summed E-state index contributed by atoms with van der Waals surface area (Å²) in [7, 11) is -14.4. The van der Waals surface area contributed by atoms with Crippen LogP contribution in [0.15, 0.2) is 193 Å². The van der Waals surface area contributed by atoms with Gasteiger partial charge in [0.15, 0.2) is 0 Å². The van der Waals surface area contributed by atoms with E-state index in [2.05, 4.69) is 4.98 Å². The molecule has 4 aliphatic rings. The first-order valence-electron chi connectivity index (χ1n) is 32.1. The zero-order chi connectivity index (χ0) is 76.3. The van der Waals surface area contributed by atoms with Crippen molar-refractivity contribution in [2.75, 3.05) is 0 Å². The number of nitrogens with zero attached hydrogens (tertiary/aromatic N) is 5. The van der Waals surface area contributed by atoms with Crippen molar-refractivity contribution in [1.82, 2.24) is 23.3 Å². The standard InChI is InChI=1S/C21H19NO4S.C20H16FNO4S.C19H13Cl2NO4S.C17H11FN2O4S/c1-12-5-7-18-16(8-12)21(14(3)22(18)10-20(23)24)17-11-27(25,26)19-9-13(2)4-6-15(17)19;1-11-3-5-14-16(10-27(25,26)18(14)7-11)20-12(2)22(9-19(23)24)17-8-13(21)4-6-15(17)20;1-10-19(14-5-3-11(20)6-16(14)22(10)8-18(23)24)15-9-27(25,26)17-7-12(21)2-4-13(15)17;18-10-1-2-15-11(5-10)13(7-20(15)8-17(21)22)14-9-25(23,24)16-3-4-19-6-12(14)16/h4-9,11H,10H2,1-3H3,(H,23,24);3-8,10H,9H2,1-2H3,(H,23,24);2-7,9H,8H2,1H3,(H,23,24);1-7,9H,8H2,(H,21,22). The lowest BCUT2D eigenvalue weighted by Crippen LogP contribution is -2.10. The van der Waals surface area contributed by atoms with Crippen molar-refractivity contribution in [3.05, 3.63) is 274 Å². The summed E-state index contributed by atoms with van der Waals surface area (Å²) in [4.78, 5) is 49.9. The van der Waals surface area contributed by atoms with Crippen LogP contribution in [0.3, 0.4) is 0 Å². The lowest BCUT2D eigenvalue weighted by Gasteiger charge is -2.08. The van der Waals surface area contributed by atoms with E-state index in [-0.39, 0.29) is 40.9 Å². The SMILES string of the molecule is Cc1c(C2=CS(=O)(=O)c3cc(Cl)ccc32)c2ccc(Cl)cc2n1CC(=O)O.Cc1ccc2c(c1)S(=O)(=O)C=C2c1c(C)n(CC(=O)O)c2cc(F)ccc12.Cc1ccc2c(c1)S(=O)(=O)C=C2c1c(C)n(CC(=O)O)c2ccc(C)cc12.O=C(O)Cn1cc(C2=CS(=O)(=O)c3ccncc32)c2cc(F)ccc21. The summed E-state index contributed by atoms with van der Waals surface area (Å²) in [6.45, 7) is 9.89. The summed E-state index contributed by atoms with van der Waals surface area (Å²) in [5, 5.41) is 45.3. The average Bonchev–Trinajstić information content (AvgIpc) is 1.59. The lowest BCUT2D eigenvalue weighted by atomic mass is 9.96. The van der Waals surface area contributed by atoms with Gasteiger partial charge in [-0.25, -0.2) is 42.5 Å². The van der Waals surface area contributed by atoms with E-state index in [0.29, 0.717) is 115 Å². The first-order chi connectivity index (χ1) is 49.9. The second kappa shape index (κ2) is 27.1. The van der Waals surface area contributed by atoms with Crippen LogP contribution in [-0.4, -0.2) is 101 Å². The molecule has 0 radical (unpaired) electrons. The Morgan fingerprint density at radius 1 is 0.377 bits per heavy atom. The first-order valence-corrected chi connectivity index (χ1v) is 39.0. The van der Waals surface area contributed by atoms with Gasteiger partial charge in [-0.2, -0.15) is 0 Å². The second-order valence-corrected chi connectivity index (χ2v) is 33.6. The van der Waals surface area contributed by atoms with Gasteiger partial charge in [-0.1, -0.05) is 71.2 Å². The van der Waals surface area contributed by atoms with E-state index in [9.17, 15) is 76.9 Å². The molecule has 0 spiro atoms. The molecule has 106 heavy (non-hydrogen) atoms. The smallest absolute Gasteiger partial charge is 0.323 e. The van der Waals surface area contributed by atoms with E-state index in [1.54, 1.807) is 77.6 Å². The quantitative estimate of drug-likeness (QED) is 0.0883. The third-order valence-electron chi connectivity index (χ3n) is 18.7. The van der Waals surface area contributed by atoms with E-state index in [1.165, 1.54) is 86.4 Å². The predicted octanol–water partition coefficient (Wildman–Crippen LogP) is 14.4. The Bertz CT molecular complexity index is 6360. The van der Waals surface area contributed by atoms with Gasteiger partial charge in [0, 0.05) is 167 Å². The number of hydrogen-bond donors (Lipinski definition) is 4. The zero-order valence-corrected chi connectivity index (χ0v) is 61.4. The van der Waals surface area contributed by atoms with E-state index in [1.807, 2.05) is 64.1 Å². The van der Waals surface area contributed by atoms with Crippen molar-refractivity contribution in [1.29, 1.82) is 0 Å². The fraction of sp³-hybridized carbons (Fsp3) is 0.130. The second-order valence-electron chi connectivity index (χ2n) is 25.7. The summed E-state index contributed by atoms with van der Waals surface area (Å²) in [5.41, 5.74) is 13.8. The van der Waals surface area contributed by atoms with Gasteiger partial charge in [-0.15, -0.1) is 0 Å². The number of carboxylic acid groups (broad SMARTS) is 4. The van der Waals surface area contributed by atoms with E-state index in [4.69, 9.17) is 28.3 Å². The van der Waals surface area contributed by atoms with Crippen molar-refractivity contribution in [2.45, 2.75) is 87.3 Å². The molecule has 9 heterocycles. The maximum atomic E-state index is 13.8. The fourth-order valence-electron chi connectivity index (χ4n) is 14.2. The Balaban J connectivity index is 0.000000125. The molecule has 0 unspecified atom stereocenters. The number of aryl methyl sites for hydroxylation is 3. The molecular weight excluding hydrogens is 1490 g/mol. The highest BCUT2D eigenvalue weighted by atomic mass is 35.5. The molecule has 0 atom stereocenters. The molecule has 4 aliphatic heterocycles. The number of halogens is 4. The van der Waals surface area contributed by atoms with Crippen LogP contribution in [0, 0.1) is 53.2 Å². The van der Waals surface area contributed by atoms with Crippen molar-refractivity contribution in [2.24, 2.45) is 0 Å². The molecule has 7 aromatic carbocycles. The molecule has 12 aromatic rings. The lowest BCUT2D eigenvalue weighted by molar-refractivity contribution is -0.138. The average molecular weight is 1550 g/mol. The van der Waals surface area contributed by atoms with Crippen LogP contribution in [0.25, 0.3) is 65.9 Å². The van der Waals surface area contributed by atoms with Gasteiger partial charge in [0.2, 0.25) is 39.3 Å². The van der Waals surface area contributed by atoms with Gasteiger partial charge in [0.05, 0.1) is 30.6 Å². The number of carbonyl (C=O) groups is 4. The zero-order valence-electron chi connectivity index (χ0n) is 56.6. The van der Waals surface area contributed by atoms with Crippen LogP contribution < -0.4 is 0 Å². The van der Waals surface area contributed by atoms with Gasteiger partial charge in [0.1, 0.15) is 37.8 Å². The minimum absolute atomic E-state index is 0.132. The highest BCUT2D eigenvalue weighted by Gasteiger charge is 2.36. The van der Waals surface area contributed by atoms with Gasteiger partial charge in [0.25, 0.3) is 0 Å². The van der Waals surface area contributed by atoms with Gasteiger partial charge < -0.3 is 38.7 Å². The number of hydrogen-bond acceptors (Lipinski definition) is 13. The maximum absolute atomic E-state index is 13.8. The molecule has 4 N–H and O–H groups in total. The summed E-state index contributed by atoms with van der Waals surface area (Å²) >= 11 is 12.1. The van der Waals surface area contributed by atoms with Crippen LogP contribution in [0.2, 0.25) is 10.0 Å². The Kier molecular flexibility index (Phi) is 18.7. The Morgan fingerprint density at radius 3 is 1.30 bits per heavy atom. The largest absolute Gasteiger partial charge is 0.480 e. The molecule has 5 aromatic heterocycles. The van der Waals surface area contributed by atoms with E-state index >= 15 is 0 Å². The number of pyridine rings is 1. The highest BCUT2D eigenvalue weighted by molar-refractivity contribution is 7.95. The number of carboxylic acids is 4. The van der Waals surface area contributed by atoms with Crippen LogP contribution in [0.1, 0.15) is 78.3 Å². The number of fused-ring (bicyclic) bond motifs is 8. The number of benzene rings is 7. The summed E-state index contributed by atoms with van der Waals surface area (Å²) in [6.07, 6.45) is 4.35. The molecule has 0 fully saturated rings. The van der Waals surface area contributed by atoms with E-state index in [0.717, 1.165) is 49.6 Å². The molecule has 0 saturated heterocycles. The first kappa shape index (κ1) is 73.3. The van der Waals surface area contributed by atoms with Crippen molar-refractivity contribution in [3.63, 3.8) is 0 Å². The maximum Gasteiger partial charge on any atom is 0.323 e. The Labute approximate surface area is 614 Å². The summed E-state index contributed by atoms with van der Waals surface area (Å²) in [6, 6.07) is 35.8. The number of rotatable bonds is 12. The summed E-state index contributed by atoms with van der Waals surface area (Å²) < 4.78 is 134. The molecule has 21 nitrogen and oxygen atoms in total. The van der Waals surface area contributed by atoms with Gasteiger partial charge in [-0.05, 0) is 144 Å². The van der Waals surface area contributed by atoms with Crippen LogP contribution in [0.4, 0.5) is 8.78 Å². The molecule has 16 rings (SSSR count). The van der Waals surface area contributed by atoms with Crippen LogP contribution in [-0.2, 0) is 84.7 Å². The molecule has 540 valence electrons. The monoisotopic (exact) mass is 1550 g/mol. The van der Waals surface area contributed by atoms with Crippen molar-refractivity contribution >= 4 is 152 Å². The third-order valence-corrected chi connectivity index (χ3v) is 25.1. The molecule has 0 amide bonds. The van der Waals surface area contributed by atoms with Crippen molar-refractivity contribution < 1.29 is 82.1 Å². The molecule has 29 heteroatoms. The minimum atomic E-state index is -3.63. The van der Waals surface area contributed by atoms with E-state index < -0.39 is 74.9 Å². The molecule has 0 aliphatic carbocycles. The van der Waals surface area contributed by atoms with Gasteiger partial charge in [-0.3, -0.25) is 24.2 Å². The summed E-state index contributed by atoms with van der Waals surface area (Å²) in [5.74, 6) is -5.03. The molecule has 0 saturated carbocycles. The fourth-order valence-corrected chi connectivity index (χ4v) is 20.5. The minimum Gasteiger partial charge on any atom is -0.480 e. The third kappa shape index (κ3) is 13.3. The van der Waals surface area contributed by atoms with Gasteiger partial charge >= 0.3 is 23.9 Å². The number of aliphatic carboxylic acids is 4. The molecular formula is C77H59Cl2F2N5O16S4. The Hall–Kier alpha value is -11.1. The molecule has 0 bridgehead atoms. The van der Waals surface area contributed by atoms with Crippen LogP contribution >= 0.6 is 23.2 Å². The normalized spacial score (nSPS) is 15.0. The van der Waals surface area contributed by atoms with Crippen LogP contribution in [0.5, 0.6) is 0 Å². The highest BCUT2D eigenvalue weighted by Crippen LogP contribution is 2.48. The number of aromatic nitrogens is 5. The topological polar surface area (TPSA) is 318 Å². The van der Waals surface area contributed by atoms with Crippen molar-refractivity contribution in [3.8, 4) is 0 Å². The number of sulfone groups is 4.